The van der Waals surface area contributed by atoms with Crippen molar-refractivity contribution in [3.8, 4) is 17.0 Å². The molecule has 4 N–H and O–H groups in total. The minimum atomic E-state index is -0.315. The number of nitrogens with zero attached hydrogens (tertiary/aromatic N) is 4. The van der Waals surface area contributed by atoms with Gasteiger partial charge in [0.1, 0.15) is 34.4 Å². The lowest BCUT2D eigenvalue weighted by Gasteiger charge is -2.11. The van der Waals surface area contributed by atoms with Gasteiger partial charge in [0.25, 0.3) is 5.91 Å². The molecule has 0 bridgehead atoms. The van der Waals surface area contributed by atoms with Crippen molar-refractivity contribution in [2.75, 3.05) is 25.2 Å². The molecule has 1 aromatic carbocycles. The van der Waals surface area contributed by atoms with Gasteiger partial charge >= 0.3 is 0 Å². The molecule has 0 saturated heterocycles. The van der Waals surface area contributed by atoms with Crippen molar-refractivity contribution in [1.29, 1.82) is 0 Å². The van der Waals surface area contributed by atoms with Crippen LogP contribution in [0.25, 0.3) is 16.8 Å². The summed E-state index contributed by atoms with van der Waals surface area (Å²) in [6.45, 7) is 3.95. The number of pyridine rings is 1. The molecule has 1 atom stereocenters. The van der Waals surface area contributed by atoms with Gasteiger partial charge in [0, 0.05) is 24.2 Å². The number of rotatable bonds is 6. The number of carbonyl (C=O) groups is 1. The summed E-state index contributed by atoms with van der Waals surface area (Å²) >= 11 is 0. The van der Waals surface area contributed by atoms with Gasteiger partial charge in [-0.15, -0.1) is 0 Å². The van der Waals surface area contributed by atoms with E-state index in [2.05, 4.69) is 20.6 Å². The first-order valence-electron chi connectivity index (χ1n) is 10.1. The number of nitrogens with two attached hydrogens (primary N) is 1. The smallest absolute Gasteiger partial charge is 0.260 e. The first-order valence-corrected chi connectivity index (χ1v) is 10.1. The Kier molecular flexibility index (Phi) is 5.74. The highest BCUT2D eigenvalue weighted by Crippen LogP contribution is 2.33. The average Bonchev–Trinajstić information content (AvgIpc) is 3.20. The second kappa shape index (κ2) is 8.64. The van der Waals surface area contributed by atoms with E-state index in [-0.39, 0.29) is 11.9 Å². The van der Waals surface area contributed by atoms with Crippen LogP contribution in [0, 0.1) is 6.92 Å². The number of hydrogen-bond donors (Lipinski definition) is 3. The number of anilines is 2. The standard InChI is InChI=1S/C23H25N7O2/c1-13-5-8-18(27-12-13)28-23(31)16-7-6-15(11-17(16)32-4)19-20-21(24)26-9-10-30(20)22(29-19)14(2)25-3/h5-12,14,25H,1-4H3,(H2,24,26)(H,27,28,31)/t14-/m0/s1. The number of carbonyl (C=O) groups excluding carboxylic acids is 1. The summed E-state index contributed by atoms with van der Waals surface area (Å²) < 4.78 is 7.45. The number of imidazole rings is 1. The lowest BCUT2D eigenvalue weighted by Crippen LogP contribution is -2.15. The van der Waals surface area contributed by atoms with E-state index in [4.69, 9.17) is 15.5 Å². The van der Waals surface area contributed by atoms with Crippen molar-refractivity contribution < 1.29 is 9.53 Å². The lowest BCUT2D eigenvalue weighted by molar-refractivity contribution is 0.102. The summed E-state index contributed by atoms with van der Waals surface area (Å²) in [5.74, 6) is 1.74. The van der Waals surface area contributed by atoms with Gasteiger partial charge in [-0.3, -0.25) is 9.20 Å². The number of aryl methyl sites for hydroxylation is 1. The van der Waals surface area contributed by atoms with E-state index < -0.39 is 0 Å². The summed E-state index contributed by atoms with van der Waals surface area (Å²) in [5, 5.41) is 6.00. The van der Waals surface area contributed by atoms with Gasteiger partial charge < -0.3 is 21.1 Å². The van der Waals surface area contributed by atoms with Crippen LogP contribution >= 0.6 is 0 Å². The summed E-state index contributed by atoms with van der Waals surface area (Å²) in [5.41, 5.74) is 9.73. The molecular weight excluding hydrogens is 406 g/mol. The Morgan fingerprint density at radius 3 is 2.72 bits per heavy atom. The Labute approximate surface area is 185 Å². The zero-order valence-corrected chi connectivity index (χ0v) is 18.4. The minimum absolute atomic E-state index is 0.00740. The summed E-state index contributed by atoms with van der Waals surface area (Å²) in [6, 6.07) is 8.94. The largest absolute Gasteiger partial charge is 0.496 e. The molecule has 0 aliphatic heterocycles. The molecule has 4 aromatic rings. The van der Waals surface area contributed by atoms with Crippen LogP contribution in [0.4, 0.5) is 11.6 Å². The molecule has 32 heavy (non-hydrogen) atoms. The summed E-state index contributed by atoms with van der Waals surface area (Å²) in [6.07, 6.45) is 5.17. The van der Waals surface area contributed by atoms with E-state index in [1.54, 1.807) is 30.6 Å². The maximum Gasteiger partial charge on any atom is 0.260 e. The normalized spacial score (nSPS) is 12.0. The van der Waals surface area contributed by atoms with Gasteiger partial charge in [0.15, 0.2) is 0 Å². The predicted octanol–water partition coefficient (Wildman–Crippen LogP) is 3.22. The molecule has 0 unspecified atom stereocenters. The molecule has 164 valence electrons. The monoisotopic (exact) mass is 431 g/mol. The fourth-order valence-corrected chi connectivity index (χ4v) is 3.47. The van der Waals surface area contributed by atoms with Crippen LogP contribution in [-0.4, -0.2) is 39.4 Å². The second-order valence-corrected chi connectivity index (χ2v) is 7.45. The van der Waals surface area contributed by atoms with Crippen LogP contribution in [0.2, 0.25) is 0 Å². The van der Waals surface area contributed by atoms with Crippen LogP contribution in [0.3, 0.4) is 0 Å². The quantitative estimate of drug-likeness (QED) is 0.429. The van der Waals surface area contributed by atoms with Crippen LogP contribution in [0.1, 0.15) is 34.7 Å². The molecule has 3 heterocycles. The van der Waals surface area contributed by atoms with E-state index in [1.807, 2.05) is 43.6 Å². The van der Waals surface area contributed by atoms with Gasteiger partial charge in [0.2, 0.25) is 0 Å². The maximum absolute atomic E-state index is 12.8. The molecule has 0 aliphatic carbocycles. The molecule has 0 spiro atoms. The molecule has 0 radical (unpaired) electrons. The van der Waals surface area contributed by atoms with E-state index in [0.29, 0.717) is 34.2 Å². The minimum Gasteiger partial charge on any atom is -0.496 e. The molecule has 0 fully saturated rings. The van der Waals surface area contributed by atoms with Gasteiger partial charge in [0.05, 0.1) is 18.7 Å². The Morgan fingerprint density at radius 1 is 1.22 bits per heavy atom. The third kappa shape index (κ3) is 3.85. The van der Waals surface area contributed by atoms with Crippen LogP contribution in [0.5, 0.6) is 5.75 Å². The number of nitrogens with one attached hydrogen (secondary N) is 2. The van der Waals surface area contributed by atoms with E-state index in [0.717, 1.165) is 17.0 Å². The molecule has 3 aromatic heterocycles. The fraction of sp³-hybridized carbons (Fsp3) is 0.217. The lowest BCUT2D eigenvalue weighted by atomic mass is 10.1. The van der Waals surface area contributed by atoms with E-state index in [1.165, 1.54) is 7.11 Å². The third-order valence-corrected chi connectivity index (χ3v) is 5.30. The van der Waals surface area contributed by atoms with Crippen molar-refractivity contribution >= 4 is 23.1 Å². The van der Waals surface area contributed by atoms with Crippen molar-refractivity contribution in [2.24, 2.45) is 0 Å². The van der Waals surface area contributed by atoms with Gasteiger partial charge in [-0.25, -0.2) is 15.0 Å². The van der Waals surface area contributed by atoms with Gasteiger partial charge in [-0.2, -0.15) is 0 Å². The van der Waals surface area contributed by atoms with Gasteiger partial charge in [-0.1, -0.05) is 12.1 Å². The van der Waals surface area contributed by atoms with Crippen molar-refractivity contribution in [3.05, 3.63) is 65.9 Å². The van der Waals surface area contributed by atoms with Crippen LogP contribution in [-0.2, 0) is 0 Å². The molecule has 0 saturated carbocycles. The fourth-order valence-electron chi connectivity index (χ4n) is 3.47. The number of benzene rings is 1. The molecule has 9 nitrogen and oxygen atoms in total. The van der Waals surface area contributed by atoms with E-state index >= 15 is 0 Å². The first kappa shape index (κ1) is 21.3. The molecular formula is C23H25N7O2. The second-order valence-electron chi connectivity index (χ2n) is 7.45. The van der Waals surface area contributed by atoms with Crippen LogP contribution < -0.4 is 21.1 Å². The van der Waals surface area contributed by atoms with Crippen molar-refractivity contribution in [3.63, 3.8) is 0 Å². The molecule has 4 rings (SSSR count). The highest BCUT2D eigenvalue weighted by atomic mass is 16.5. The zero-order valence-electron chi connectivity index (χ0n) is 18.4. The number of fused-ring (bicyclic) bond motifs is 1. The number of ether oxygens (including phenoxy) is 1. The van der Waals surface area contributed by atoms with Crippen molar-refractivity contribution in [1.82, 2.24) is 24.7 Å². The highest BCUT2D eigenvalue weighted by Gasteiger charge is 2.21. The summed E-state index contributed by atoms with van der Waals surface area (Å²) in [7, 11) is 3.39. The van der Waals surface area contributed by atoms with Crippen molar-refractivity contribution in [2.45, 2.75) is 19.9 Å². The molecule has 0 aliphatic rings. The molecule has 9 heteroatoms. The predicted molar refractivity (Wildman–Crippen MR) is 124 cm³/mol. The SMILES string of the molecule is CN[C@@H](C)c1nc(-c2ccc(C(=O)Nc3ccc(C)cn3)c(OC)c2)c2c(N)nccn12. The van der Waals surface area contributed by atoms with E-state index in [9.17, 15) is 4.79 Å². The highest BCUT2D eigenvalue weighted by molar-refractivity contribution is 6.06. The Morgan fingerprint density at radius 2 is 2.03 bits per heavy atom. The number of methoxy groups -OCH3 is 1. The Bertz CT molecular complexity index is 1280. The maximum atomic E-state index is 12.8. The zero-order chi connectivity index (χ0) is 22.8. The number of nitrogen functional groups attached to an aromatic ring is 1. The molecule has 1 amide bonds. The Hall–Kier alpha value is -3.98. The Balaban J connectivity index is 1.75. The number of hydrogen-bond acceptors (Lipinski definition) is 7. The number of aromatic nitrogens is 4. The summed E-state index contributed by atoms with van der Waals surface area (Å²) in [4.78, 5) is 26.1. The number of amides is 1. The van der Waals surface area contributed by atoms with Gasteiger partial charge in [-0.05, 0) is 44.7 Å². The topological polar surface area (TPSA) is 119 Å². The average molecular weight is 432 g/mol. The first-order chi connectivity index (χ1) is 15.4. The van der Waals surface area contributed by atoms with Crippen LogP contribution in [0.15, 0.2) is 48.9 Å². The third-order valence-electron chi connectivity index (χ3n) is 5.30.